The first-order valence-electron chi connectivity index (χ1n) is 8.03. The van der Waals surface area contributed by atoms with Crippen LogP contribution < -0.4 is 0 Å². The molecule has 1 aliphatic carbocycles. The lowest BCUT2D eigenvalue weighted by molar-refractivity contribution is -0.142. The minimum Gasteiger partial charge on any atom is -0.466 e. The van der Waals surface area contributed by atoms with Crippen molar-refractivity contribution in [3.63, 3.8) is 0 Å². The number of carbonyl (C=O) groups is 1. The van der Waals surface area contributed by atoms with Gasteiger partial charge in [-0.2, -0.15) is 0 Å². The summed E-state index contributed by atoms with van der Waals surface area (Å²) in [5, 5.41) is 1.36. The minimum absolute atomic E-state index is 0.136. The normalized spacial score (nSPS) is 13.0. The van der Waals surface area contributed by atoms with E-state index in [-0.39, 0.29) is 5.97 Å². The molecule has 4 heteroatoms. The Labute approximate surface area is 139 Å². The summed E-state index contributed by atoms with van der Waals surface area (Å²) in [5.41, 5.74) is 5.34. The molecular formula is C19H19NO2S. The number of para-hydroxylation sites is 1. The number of carbonyl (C=O) groups excluding carboxylic acids is 1. The SMILES string of the molecule is CCOC(=O)Cc1cc2c(s1)CCc1c-2n(C)c2ccccc12. The zero-order valence-electron chi connectivity index (χ0n) is 13.4. The van der Waals surface area contributed by atoms with Crippen LogP contribution in [0.4, 0.5) is 0 Å². The highest BCUT2D eigenvalue weighted by Gasteiger charge is 2.25. The fraction of sp³-hybridized carbons (Fsp3) is 0.316. The largest absolute Gasteiger partial charge is 0.466 e. The molecule has 4 rings (SSSR count). The van der Waals surface area contributed by atoms with Crippen LogP contribution in [-0.4, -0.2) is 17.1 Å². The van der Waals surface area contributed by atoms with Gasteiger partial charge in [0.1, 0.15) is 0 Å². The maximum atomic E-state index is 11.8. The number of benzene rings is 1. The Morgan fingerprint density at radius 2 is 2.13 bits per heavy atom. The lowest BCUT2D eigenvalue weighted by atomic mass is 9.94. The summed E-state index contributed by atoms with van der Waals surface area (Å²) in [6.07, 6.45) is 2.51. The molecule has 0 aliphatic heterocycles. The molecule has 0 unspecified atom stereocenters. The van der Waals surface area contributed by atoms with Gasteiger partial charge in [-0.25, -0.2) is 0 Å². The van der Waals surface area contributed by atoms with E-state index in [2.05, 4.69) is 41.9 Å². The Bertz CT molecular complexity index is 904. The van der Waals surface area contributed by atoms with Crippen LogP contribution in [0, 0.1) is 0 Å². The standard InChI is InChI=1S/C19H19NO2S/c1-3-22-18(21)11-12-10-15-17(23-12)9-8-14-13-6-4-5-7-16(13)20(2)19(14)15/h4-7,10H,3,8-9,11H2,1-2H3. The van der Waals surface area contributed by atoms with Gasteiger partial charge in [-0.05, 0) is 37.5 Å². The first kappa shape index (κ1) is 14.5. The van der Waals surface area contributed by atoms with Gasteiger partial charge in [0.25, 0.3) is 0 Å². The van der Waals surface area contributed by atoms with Crippen LogP contribution in [0.15, 0.2) is 30.3 Å². The Kier molecular flexibility index (Phi) is 3.49. The molecule has 118 valence electrons. The lowest BCUT2D eigenvalue weighted by Gasteiger charge is -2.14. The Balaban J connectivity index is 1.81. The van der Waals surface area contributed by atoms with E-state index in [0.29, 0.717) is 13.0 Å². The third-order valence-electron chi connectivity index (χ3n) is 4.55. The molecule has 0 spiro atoms. The highest BCUT2D eigenvalue weighted by Crippen LogP contribution is 2.42. The first-order chi connectivity index (χ1) is 11.2. The predicted octanol–water partition coefficient (Wildman–Crippen LogP) is 4.11. The van der Waals surface area contributed by atoms with Crippen LogP contribution in [0.3, 0.4) is 0 Å². The van der Waals surface area contributed by atoms with Gasteiger partial charge in [-0.3, -0.25) is 4.79 Å². The maximum absolute atomic E-state index is 11.8. The average Bonchev–Trinajstić information content (AvgIpc) is 3.07. The van der Waals surface area contributed by atoms with E-state index in [1.54, 1.807) is 11.3 Å². The molecule has 2 aromatic heterocycles. The van der Waals surface area contributed by atoms with Crippen molar-refractivity contribution in [2.24, 2.45) is 7.05 Å². The number of fused-ring (bicyclic) bond motifs is 5. The maximum Gasteiger partial charge on any atom is 0.311 e. The summed E-state index contributed by atoms with van der Waals surface area (Å²) in [7, 11) is 2.14. The predicted molar refractivity (Wildman–Crippen MR) is 94.0 cm³/mol. The van der Waals surface area contributed by atoms with Crippen molar-refractivity contribution in [1.82, 2.24) is 4.57 Å². The third-order valence-corrected chi connectivity index (χ3v) is 5.75. The Morgan fingerprint density at radius 3 is 2.96 bits per heavy atom. The quantitative estimate of drug-likeness (QED) is 0.679. The molecule has 0 saturated carbocycles. The van der Waals surface area contributed by atoms with E-state index in [4.69, 9.17) is 4.74 Å². The van der Waals surface area contributed by atoms with E-state index in [1.807, 2.05) is 6.92 Å². The van der Waals surface area contributed by atoms with Crippen molar-refractivity contribution in [2.75, 3.05) is 6.61 Å². The van der Waals surface area contributed by atoms with Crippen LogP contribution in [0.25, 0.3) is 22.2 Å². The van der Waals surface area contributed by atoms with Gasteiger partial charge in [0.15, 0.2) is 0 Å². The molecule has 0 fully saturated rings. The second kappa shape index (κ2) is 5.53. The smallest absolute Gasteiger partial charge is 0.311 e. The van der Waals surface area contributed by atoms with Gasteiger partial charge in [0.2, 0.25) is 0 Å². The van der Waals surface area contributed by atoms with Crippen LogP contribution in [0.1, 0.15) is 22.2 Å². The van der Waals surface area contributed by atoms with Gasteiger partial charge < -0.3 is 9.30 Å². The summed E-state index contributed by atoms with van der Waals surface area (Å²) in [6, 6.07) is 10.8. The lowest BCUT2D eigenvalue weighted by Crippen LogP contribution is -2.06. The third kappa shape index (κ3) is 2.29. The van der Waals surface area contributed by atoms with Crippen molar-refractivity contribution in [3.05, 3.63) is 45.6 Å². The van der Waals surface area contributed by atoms with E-state index in [9.17, 15) is 4.79 Å². The summed E-state index contributed by atoms with van der Waals surface area (Å²) in [6.45, 7) is 2.29. The van der Waals surface area contributed by atoms with Gasteiger partial charge in [0.05, 0.1) is 18.7 Å². The van der Waals surface area contributed by atoms with Gasteiger partial charge >= 0.3 is 5.97 Å². The zero-order chi connectivity index (χ0) is 16.0. The molecule has 3 aromatic rings. The van der Waals surface area contributed by atoms with Crippen LogP contribution in [0.2, 0.25) is 0 Å². The fourth-order valence-corrected chi connectivity index (χ4v) is 4.77. The topological polar surface area (TPSA) is 31.2 Å². The molecule has 3 nitrogen and oxygen atoms in total. The number of esters is 1. The van der Waals surface area contributed by atoms with Crippen molar-refractivity contribution in [1.29, 1.82) is 0 Å². The van der Waals surface area contributed by atoms with Crippen molar-refractivity contribution < 1.29 is 9.53 Å². The highest BCUT2D eigenvalue weighted by atomic mass is 32.1. The summed E-state index contributed by atoms with van der Waals surface area (Å²) < 4.78 is 7.38. The summed E-state index contributed by atoms with van der Waals surface area (Å²) >= 11 is 1.76. The number of aryl methyl sites for hydroxylation is 3. The molecule has 0 saturated heterocycles. The number of rotatable bonds is 3. The molecule has 23 heavy (non-hydrogen) atoms. The molecule has 1 aliphatic rings. The average molecular weight is 325 g/mol. The molecule has 0 bridgehead atoms. The van der Waals surface area contributed by atoms with Crippen LogP contribution in [-0.2, 0) is 35.8 Å². The molecule has 0 radical (unpaired) electrons. The minimum atomic E-state index is -0.136. The molecular weight excluding hydrogens is 306 g/mol. The van der Waals surface area contributed by atoms with Crippen LogP contribution >= 0.6 is 11.3 Å². The van der Waals surface area contributed by atoms with E-state index < -0.39 is 0 Å². The number of aromatic nitrogens is 1. The number of nitrogens with zero attached hydrogens (tertiary/aromatic N) is 1. The Morgan fingerprint density at radius 1 is 1.30 bits per heavy atom. The Hall–Kier alpha value is -2.07. The van der Waals surface area contributed by atoms with Crippen molar-refractivity contribution >= 4 is 28.2 Å². The molecule has 0 N–H and O–H groups in total. The zero-order valence-corrected chi connectivity index (χ0v) is 14.2. The van der Waals surface area contributed by atoms with Gasteiger partial charge in [-0.15, -0.1) is 11.3 Å². The van der Waals surface area contributed by atoms with Crippen LogP contribution in [0.5, 0.6) is 0 Å². The van der Waals surface area contributed by atoms with Crippen molar-refractivity contribution in [2.45, 2.75) is 26.2 Å². The number of hydrogen-bond acceptors (Lipinski definition) is 3. The van der Waals surface area contributed by atoms with E-state index in [1.165, 1.54) is 32.6 Å². The number of ether oxygens (including phenoxy) is 1. The molecule has 1 aromatic carbocycles. The summed E-state index contributed by atoms with van der Waals surface area (Å²) in [4.78, 5) is 14.3. The summed E-state index contributed by atoms with van der Waals surface area (Å²) in [5.74, 6) is -0.136. The van der Waals surface area contributed by atoms with Gasteiger partial charge in [0, 0.05) is 33.3 Å². The molecule has 0 atom stereocenters. The van der Waals surface area contributed by atoms with Gasteiger partial charge in [-0.1, -0.05) is 18.2 Å². The second-order valence-corrected chi connectivity index (χ2v) is 7.16. The fourth-order valence-electron chi connectivity index (χ4n) is 3.62. The second-order valence-electron chi connectivity index (χ2n) is 5.93. The van der Waals surface area contributed by atoms with E-state index >= 15 is 0 Å². The molecule has 2 heterocycles. The van der Waals surface area contributed by atoms with E-state index in [0.717, 1.165) is 17.7 Å². The molecule has 0 amide bonds. The monoisotopic (exact) mass is 325 g/mol. The number of hydrogen-bond donors (Lipinski definition) is 0. The highest BCUT2D eigenvalue weighted by molar-refractivity contribution is 7.12. The number of thiophene rings is 1. The van der Waals surface area contributed by atoms with Crippen molar-refractivity contribution in [3.8, 4) is 11.3 Å². The first-order valence-corrected chi connectivity index (χ1v) is 8.84.